The average Bonchev–Trinajstić information content (AvgIpc) is 3.19. The standard InChI is InChI=1S/C22H30F10O4/c1-10(16(33)36-17(3,4)5)8-19(23,24)20(25,26)15-11(2)13-6-12(15)7-14(13)35-9-18(34,21(27,28)29)22(30,31)32/h10-15,34H,6-9H2,1-5H3. The first kappa shape index (κ1) is 30.9. The zero-order valence-electron chi connectivity index (χ0n) is 20.2. The first-order valence-corrected chi connectivity index (χ1v) is 11.3. The Morgan fingerprint density at radius 1 is 0.944 bits per heavy atom. The summed E-state index contributed by atoms with van der Waals surface area (Å²) in [5.41, 5.74) is -6.19. The van der Waals surface area contributed by atoms with Crippen LogP contribution in [0.5, 0.6) is 0 Å². The fourth-order valence-electron chi connectivity index (χ4n) is 5.23. The quantitative estimate of drug-likeness (QED) is 0.292. The molecule has 0 heterocycles. The maximum atomic E-state index is 15.1. The Kier molecular flexibility index (Phi) is 8.12. The fraction of sp³-hybridized carbons (Fsp3) is 0.955. The van der Waals surface area contributed by atoms with Crippen LogP contribution in [-0.2, 0) is 14.3 Å². The number of carbonyl (C=O) groups excluding carboxylic acids is 1. The van der Waals surface area contributed by atoms with Crippen molar-refractivity contribution in [2.45, 2.75) is 95.4 Å². The normalized spacial score (nSPS) is 28.9. The molecule has 2 bridgehead atoms. The minimum Gasteiger partial charge on any atom is -0.460 e. The maximum absolute atomic E-state index is 15.1. The molecule has 14 heteroatoms. The Hall–Kier alpha value is -1.31. The van der Waals surface area contributed by atoms with Crippen molar-refractivity contribution in [1.82, 2.24) is 0 Å². The van der Waals surface area contributed by atoms with E-state index in [0.29, 0.717) is 0 Å². The van der Waals surface area contributed by atoms with E-state index in [2.05, 4.69) is 0 Å². The van der Waals surface area contributed by atoms with E-state index in [1.807, 2.05) is 0 Å². The SMILES string of the molecule is CC(CC(F)(F)C(F)(F)C1C2CC(OCC(O)(C(F)(F)F)C(F)(F)F)C(C2)C1C)C(=O)OC(C)(C)C. The molecule has 2 rings (SSSR count). The van der Waals surface area contributed by atoms with Crippen LogP contribution in [0.2, 0.25) is 0 Å². The molecular formula is C22H30F10O4. The van der Waals surface area contributed by atoms with Gasteiger partial charge in [-0.25, -0.2) is 0 Å². The molecule has 2 fully saturated rings. The van der Waals surface area contributed by atoms with Crippen LogP contribution in [0.25, 0.3) is 0 Å². The van der Waals surface area contributed by atoms with Gasteiger partial charge in [0.1, 0.15) is 5.60 Å². The highest BCUT2D eigenvalue weighted by atomic mass is 19.4. The van der Waals surface area contributed by atoms with E-state index in [4.69, 9.17) is 9.47 Å². The van der Waals surface area contributed by atoms with Gasteiger partial charge in [0.15, 0.2) is 0 Å². The van der Waals surface area contributed by atoms with Crippen LogP contribution in [-0.4, -0.2) is 59.2 Å². The van der Waals surface area contributed by atoms with Crippen LogP contribution >= 0.6 is 0 Å². The largest absolute Gasteiger partial charge is 0.460 e. The number of alkyl halides is 10. The highest BCUT2D eigenvalue weighted by Gasteiger charge is 2.72. The summed E-state index contributed by atoms with van der Waals surface area (Å²) in [6.45, 7) is 4.41. The van der Waals surface area contributed by atoms with Gasteiger partial charge in [0.2, 0.25) is 0 Å². The Labute approximate surface area is 201 Å². The van der Waals surface area contributed by atoms with Gasteiger partial charge < -0.3 is 14.6 Å². The molecule has 36 heavy (non-hydrogen) atoms. The third-order valence-electron chi connectivity index (χ3n) is 7.06. The first-order chi connectivity index (χ1) is 15.9. The molecule has 6 unspecified atom stereocenters. The molecule has 0 aromatic rings. The molecule has 4 nitrogen and oxygen atoms in total. The molecule has 2 aliphatic rings. The second-order valence-corrected chi connectivity index (χ2v) is 11.0. The van der Waals surface area contributed by atoms with E-state index in [9.17, 15) is 45.0 Å². The van der Waals surface area contributed by atoms with Crippen LogP contribution in [0, 0.1) is 29.6 Å². The van der Waals surface area contributed by atoms with Gasteiger partial charge in [-0.05, 0) is 51.4 Å². The molecule has 6 atom stereocenters. The topological polar surface area (TPSA) is 55.8 Å². The molecule has 0 amide bonds. The van der Waals surface area contributed by atoms with Crippen LogP contribution in [0.3, 0.4) is 0 Å². The molecule has 0 aromatic heterocycles. The van der Waals surface area contributed by atoms with Crippen molar-refractivity contribution in [2.24, 2.45) is 29.6 Å². The van der Waals surface area contributed by atoms with Gasteiger partial charge in [-0.1, -0.05) is 13.8 Å². The van der Waals surface area contributed by atoms with Crippen molar-refractivity contribution < 1.29 is 63.3 Å². The zero-order chi connectivity index (χ0) is 28.3. The lowest BCUT2D eigenvalue weighted by atomic mass is 9.73. The second kappa shape index (κ2) is 9.46. The van der Waals surface area contributed by atoms with E-state index in [1.54, 1.807) is 0 Å². The average molecular weight is 548 g/mol. The van der Waals surface area contributed by atoms with E-state index in [-0.39, 0.29) is 6.42 Å². The smallest absolute Gasteiger partial charge is 0.428 e. The number of fused-ring (bicyclic) bond motifs is 2. The van der Waals surface area contributed by atoms with Crippen LogP contribution in [0.15, 0.2) is 0 Å². The van der Waals surface area contributed by atoms with Gasteiger partial charge in [0.05, 0.1) is 18.6 Å². The molecule has 212 valence electrons. The molecule has 0 aliphatic heterocycles. The number of hydrogen-bond acceptors (Lipinski definition) is 4. The van der Waals surface area contributed by atoms with Gasteiger partial charge in [0.25, 0.3) is 5.60 Å². The summed E-state index contributed by atoms with van der Waals surface area (Å²) in [5.74, 6) is -17.3. The van der Waals surface area contributed by atoms with E-state index < -0.39 is 96.5 Å². The minimum atomic E-state index is -6.11. The Morgan fingerprint density at radius 2 is 1.44 bits per heavy atom. The molecule has 2 saturated carbocycles. The summed E-state index contributed by atoms with van der Waals surface area (Å²) in [6.07, 6.45) is -15.7. The second-order valence-electron chi connectivity index (χ2n) is 11.0. The van der Waals surface area contributed by atoms with Gasteiger partial charge >= 0.3 is 30.2 Å². The molecule has 2 aliphatic carbocycles. The Bertz CT molecular complexity index is 786. The summed E-state index contributed by atoms with van der Waals surface area (Å²) < 4.78 is 147. The van der Waals surface area contributed by atoms with Gasteiger partial charge in [-0.2, -0.15) is 43.9 Å². The lowest BCUT2D eigenvalue weighted by Crippen LogP contribution is -2.60. The van der Waals surface area contributed by atoms with Gasteiger partial charge in [0, 0.05) is 12.3 Å². The number of rotatable bonds is 8. The van der Waals surface area contributed by atoms with Crippen molar-refractivity contribution in [3.05, 3.63) is 0 Å². The summed E-state index contributed by atoms with van der Waals surface area (Å²) >= 11 is 0. The Morgan fingerprint density at radius 3 is 1.86 bits per heavy atom. The van der Waals surface area contributed by atoms with Crippen molar-refractivity contribution in [3.63, 3.8) is 0 Å². The monoisotopic (exact) mass is 548 g/mol. The number of aliphatic hydroxyl groups is 1. The first-order valence-electron chi connectivity index (χ1n) is 11.3. The Balaban J connectivity index is 2.12. The predicted molar refractivity (Wildman–Crippen MR) is 105 cm³/mol. The third-order valence-corrected chi connectivity index (χ3v) is 7.06. The van der Waals surface area contributed by atoms with Crippen LogP contribution in [0.1, 0.15) is 53.9 Å². The molecule has 0 aromatic carbocycles. The maximum Gasteiger partial charge on any atom is 0.428 e. The predicted octanol–water partition coefficient (Wildman–Crippen LogP) is 6.16. The molecule has 0 saturated heterocycles. The van der Waals surface area contributed by atoms with Gasteiger partial charge in [-0.3, -0.25) is 4.79 Å². The number of esters is 1. The summed E-state index contributed by atoms with van der Waals surface area (Å²) in [6, 6.07) is 0. The number of hydrogen-bond donors (Lipinski definition) is 1. The highest BCUT2D eigenvalue weighted by molar-refractivity contribution is 5.72. The van der Waals surface area contributed by atoms with Crippen molar-refractivity contribution >= 4 is 5.97 Å². The number of ether oxygens (including phenoxy) is 2. The summed E-state index contributed by atoms with van der Waals surface area (Å²) in [7, 11) is 0. The number of carbonyl (C=O) groups is 1. The molecule has 0 radical (unpaired) electrons. The molecule has 0 spiro atoms. The number of halogens is 10. The minimum absolute atomic E-state index is 0.166. The van der Waals surface area contributed by atoms with E-state index in [0.717, 1.165) is 13.8 Å². The van der Waals surface area contributed by atoms with Crippen molar-refractivity contribution in [2.75, 3.05) is 6.61 Å². The van der Waals surface area contributed by atoms with Crippen LogP contribution < -0.4 is 0 Å². The molecule has 1 N–H and O–H groups in total. The van der Waals surface area contributed by atoms with Crippen LogP contribution in [0.4, 0.5) is 43.9 Å². The lowest BCUT2D eigenvalue weighted by Gasteiger charge is -2.42. The van der Waals surface area contributed by atoms with E-state index >= 15 is 8.78 Å². The third kappa shape index (κ3) is 5.73. The fourth-order valence-corrected chi connectivity index (χ4v) is 5.23. The highest BCUT2D eigenvalue weighted by Crippen LogP contribution is 2.61. The van der Waals surface area contributed by atoms with E-state index in [1.165, 1.54) is 20.8 Å². The summed E-state index contributed by atoms with van der Waals surface area (Å²) in [4.78, 5) is 12.0. The van der Waals surface area contributed by atoms with Gasteiger partial charge in [-0.15, -0.1) is 0 Å². The zero-order valence-corrected chi connectivity index (χ0v) is 20.2. The lowest BCUT2D eigenvalue weighted by molar-refractivity contribution is -0.380. The molecular weight excluding hydrogens is 518 g/mol. The van der Waals surface area contributed by atoms with Crippen molar-refractivity contribution in [3.8, 4) is 0 Å². The summed E-state index contributed by atoms with van der Waals surface area (Å²) in [5, 5.41) is 9.24. The van der Waals surface area contributed by atoms with Crippen molar-refractivity contribution in [1.29, 1.82) is 0 Å².